The fraction of sp³-hybridized carbons (Fsp3) is 0.400. The van der Waals surface area contributed by atoms with Crippen molar-refractivity contribution < 1.29 is 37.9 Å². The molecule has 1 aliphatic carbocycles. The number of imide groups is 1. The minimum atomic E-state index is -0.826. The van der Waals surface area contributed by atoms with Gasteiger partial charge in [0.2, 0.25) is 17.6 Å². The highest BCUT2D eigenvalue weighted by Gasteiger charge is 2.44. The van der Waals surface area contributed by atoms with Crippen LogP contribution in [-0.2, 0) is 9.53 Å². The maximum Gasteiger partial charge on any atom is 0.262 e. The molecule has 3 amide bonds. The molecule has 15 heteroatoms. The van der Waals surface area contributed by atoms with Crippen molar-refractivity contribution in [3.05, 3.63) is 90.3 Å². The summed E-state index contributed by atoms with van der Waals surface area (Å²) in [4.78, 5) is 55.6. The lowest BCUT2D eigenvalue weighted by atomic mass is 9.91. The molecule has 3 fully saturated rings. The fourth-order valence-corrected chi connectivity index (χ4v) is 8.28. The molecule has 1 saturated carbocycles. The number of hydrogen-bond donors (Lipinski definition) is 1. The van der Waals surface area contributed by atoms with E-state index in [1.807, 2.05) is 30.3 Å². The van der Waals surface area contributed by atoms with Gasteiger partial charge in [-0.05, 0) is 100 Å². The summed E-state index contributed by atoms with van der Waals surface area (Å²) in [6.45, 7) is 7.41. The topological polar surface area (TPSA) is 171 Å². The summed E-state index contributed by atoms with van der Waals surface area (Å²) in [5.41, 5.74) is 3.33. The van der Waals surface area contributed by atoms with Crippen molar-refractivity contribution in [2.45, 2.75) is 82.1 Å². The Hall–Kier alpha value is -6.19. The van der Waals surface area contributed by atoms with Crippen molar-refractivity contribution in [2.75, 3.05) is 33.4 Å². The van der Waals surface area contributed by atoms with Crippen LogP contribution in [0.25, 0.3) is 33.9 Å². The molecule has 9 rings (SSSR count). The molecular weight excluding hydrogens is 767 g/mol. The molecule has 1 atom stereocenters. The monoisotopic (exact) mass is 813 g/mol. The number of benzene rings is 2. The Kier molecular flexibility index (Phi) is 11.3. The average molecular weight is 814 g/mol. The van der Waals surface area contributed by atoms with E-state index in [2.05, 4.69) is 31.9 Å². The van der Waals surface area contributed by atoms with Crippen LogP contribution < -0.4 is 19.5 Å². The molecule has 3 aliphatic heterocycles. The summed E-state index contributed by atoms with van der Waals surface area (Å²) in [6.07, 6.45) is 10.00. The number of fused-ring (bicyclic) bond motifs is 2. The van der Waals surface area contributed by atoms with Crippen LogP contribution in [0.3, 0.4) is 0 Å². The largest absolute Gasteiger partial charge is 0.494 e. The molecule has 60 heavy (non-hydrogen) atoms. The number of aromatic nitrogens is 4. The molecule has 15 nitrogen and oxygen atoms in total. The molecule has 6 heterocycles. The van der Waals surface area contributed by atoms with Crippen LogP contribution >= 0.6 is 0 Å². The van der Waals surface area contributed by atoms with Gasteiger partial charge in [-0.3, -0.25) is 19.3 Å². The Morgan fingerprint density at radius 2 is 1.68 bits per heavy atom. The standard InChI is InChI=1S/C45H47N7O8/c1-27-6-13-39(42(53)47-27)52-44(54)35-10-8-31(26-36(35)45(52)55)57-21-5-3-4-18-51-19-15-30(16-20-51)58-33-24-34(25-33)59-32-9-12-37-28(22-32)7-11-38(48-37)41-49-43(60-50-41)29-14-17-46-40(23-29)56-2/h7-12,14,17,22-23,26,30,33-34,39H,1,3-6,13,15-16,18-21,24-25H2,2H3,(H,47,53)/t33-,34-,39?. The molecule has 4 aliphatic rings. The summed E-state index contributed by atoms with van der Waals surface area (Å²) < 4.78 is 29.4. The van der Waals surface area contributed by atoms with E-state index in [0.717, 1.165) is 86.1 Å². The van der Waals surface area contributed by atoms with Crippen LogP contribution in [0.5, 0.6) is 17.4 Å². The zero-order valence-corrected chi connectivity index (χ0v) is 33.5. The second-order valence-electron chi connectivity index (χ2n) is 15.8. The zero-order chi connectivity index (χ0) is 41.2. The number of rotatable bonds is 15. The first-order valence-electron chi connectivity index (χ1n) is 20.7. The van der Waals surface area contributed by atoms with Crippen LogP contribution in [0.1, 0.15) is 78.5 Å². The number of ether oxygens (including phenoxy) is 4. The molecule has 1 unspecified atom stereocenters. The van der Waals surface area contributed by atoms with Gasteiger partial charge in [0.05, 0.1) is 42.6 Å². The number of unbranched alkanes of at least 4 members (excludes halogenated alkanes) is 2. The van der Waals surface area contributed by atoms with Gasteiger partial charge in [-0.25, -0.2) is 9.97 Å². The van der Waals surface area contributed by atoms with E-state index in [0.29, 0.717) is 65.3 Å². The van der Waals surface area contributed by atoms with E-state index in [1.165, 1.54) is 0 Å². The summed E-state index contributed by atoms with van der Waals surface area (Å²) in [5, 5.41) is 7.75. The summed E-state index contributed by atoms with van der Waals surface area (Å²) in [5.74, 6) is 1.32. The van der Waals surface area contributed by atoms with E-state index in [4.69, 9.17) is 28.5 Å². The molecule has 0 radical (unpaired) electrons. The summed E-state index contributed by atoms with van der Waals surface area (Å²) in [6, 6.07) is 17.4. The first kappa shape index (κ1) is 39.3. The number of likely N-dealkylation sites (tertiary alicyclic amines) is 1. The predicted octanol–water partition coefficient (Wildman–Crippen LogP) is 6.38. The van der Waals surface area contributed by atoms with E-state index in [9.17, 15) is 14.4 Å². The third-order valence-corrected chi connectivity index (χ3v) is 11.7. The first-order valence-corrected chi connectivity index (χ1v) is 20.7. The predicted molar refractivity (Wildman–Crippen MR) is 219 cm³/mol. The normalized spacial score (nSPS) is 20.9. The second kappa shape index (κ2) is 17.2. The van der Waals surface area contributed by atoms with Gasteiger partial charge in [0.1, 0.15) is 29.3 Å². The number of nitrogens with one attached hydrogen (secondary N) is 1. The van der Waals surface area contributed by atoms with Crippen molar-refractivity contribution in [1.82, 2.24) is 35.2 Å². The zero-order valence-electron chi connectivity index (χ0n) is 33.5. The van der Waals surface area contributed by atoms with Gasteiger partial charge in [0.15, 0.2) is 0 Å². The smallest absolute Gasteiger partial charge is 0.262 e. The van der Waals surface area contributed by atoms with Crippen molar-refractivity contribution in [3.63, 3.8) is 0 Å². The number of carbonyl (C=O) groups is 3. The fourth-order valence-electron chi connectivity index (χ4n) is 8.28. The molecule has 5 aromatic rings. The van der Waals surface area contributed by atoms with Crippen LogP contribution in [0.4, 0.5) is 0 Å². The molecule has 2 saturated heterocycles. The Morgan fingerprint density at radius 1 is 0.850 bits per heavy atom. The van der Waals surface area contributed by atoms with E-state index in [1.54, 1.807) is 43.6 Å². The number of amides is 3. The van der Waals surface area contributed by atoms with E-state index in [-0.39, 0.29) is 29.8 Å². The quantitative estimate of drug-likeness (QED) is 0.0913. The number of pyridine rings is 2. The highest BCUT2D eigenvalue weighted by Crippen LogP contribution is 2.34. The Labute approximate surface area is 347 Å². The third kappa shape index (κ3) is 8.45. The molecule has 3 aromatic heterocycles. The number of piperidine rings is 2. The third-order valence-electron chi connectivity index (χ3n) is 11.7. The van der Waals surface area contributed by atoms with Crippen molar-refractivity contribution in [3.8, 4) is 40.4 Å². The lowest BCUT2D eigenvalue weighted by Crippen LogP contribution is -2.51. The molecular formula is C45H47N7O8. The van der Waals surface area contributed by atoms with E-state index < -0.39 is 17.9 Å². The number of hydrogen-bond acceptors (Lipinski definition) is 13. The van der Waals surface area contributed by atoms with Crippen molar-refractivity contribution in [2.24, 2.45) is 0 Å². The highest BCUT2D eigenvalue weighted by molar-refractivity contribution is 6.23. The minimum Gasteiger partial charge on any atom is -0.494 e. The average Bonchev–Trinajstić information content (AvgIpc) is 3.84. The maximum absolute atomic E-state index is 13.1. The highest BCUT2D eigenvalue weighted by atomic mass is 16.5. The number of methoxy groups -OCH3 is 1. The Bertz CT molecular complexity index is 2420. The molecule has 1 N–H and O–H groups in total. The van der Waals surface area contributed by atoms with Gasteiger partial charge in [0, 0.05) is 54.8 Å². The first-order chi connectivity index (χ1) is 29.3. The number of nitrogens with zero attached hydrogens (tertiary/aromatic N) is 6. The molecule has 0 spiro atoms. The lowest BCUT2D eigenvalue weighted by Gasteiger charge is -2.40. The van der Waals surface area contributed by atoms with E-state index >= 15 is 0 Å². The van der Waals surface area contributed by atoms with Gasteiger partial charge in [-0.1, -0.05) is 17.8 Å². The van der Waals surface area contributed by atoms with Gasteiger partial charge in [0.25, 0.3) is 17.7 Å². The van der Waals surface area contributed by atoms with Gasteiger partial charge < -0.3 is 33.7 Å². The van der Waals surface area contributed by atoms with Crippen LogP contribution in [0.2, 0.25) is 0 Å². The lowest BCUT2D eigenvalue weighted by molar-refractivity contribution is -0.125. The SMILES string of the molecule is C=C1CCC(N2C(=O)c3ccc(OCCCCCN4CCC(O[C@H]5C[C@H](Oc6ccc7nc(-c8noc(-c9ccnc(OC)c9)n8)ccc7c6)C5)CC4)cc3C2=O)C(=O)N1. The molecule has 2 aromatic carbocycles. The maximum atomic E-state index is 13.1. The van der Waals surface area contributed by atoms with Crippen LogP contribution in [-0.4, -0.2) is 105 Å². The Morgan fingerprint density at radius 3 is 2.52 bits per heavy atom. The van der Waals surface area contributed by atoms with Crippen LogP contribution in [0.15, 0.2) is 83.7 Å². The van der Waals surface area contributed by atoms with Crippen LogP contribution in [0, 0.1) is 0 Å². The van der Waals surface area contributed by atoms with Gasteiger partial charge in [-0.2, -0.15) is 4.98 Å². The second-order valence-corrected chi connectivity index (χ2v) is 15.8. The minimum absolute atomic E-state index is 0.130. The molecule has 310 valence electrons. The number of carbonyl (C=O) groups excluding carboxylic acids is 3. The van der Waals surface area contributed by atoms with Gasteiger partial charge >= 0.3 is 0 Å². The van der Waals surface area contributed by atoms with Crippen molar-refractivity contribution >= 4 is 28.6 Å². The van der Waals surface area contributed by atoms with Crippen molar-refractivity contribution in [1.29, 1.82) is 0 Å². The number of allylic oxidation sites excluding steroid dienone is 1. The molecule has 0 bridgehead atoms. The summed E-state index contributed by atoms with van der Waals surface area (Å²) >= 11 is 0. The summed E-state index contributed by atoms with van der Waals surface area (Å²) in [7, 11) is 1.56. The Balaban J connectivity index is 0.651. The van der Waals surface area contributed by atoms with Gasteiger partial charge in [-0.15, -0.1) is 0 Å².